The van der Waals surface area contributed by atoms with Gasteiger partial charge in [-0.2, -0.15) is 0 Å². The number of allylic oxidation sites excluding steroid dienone is 7. The number of carbonyl (C=O) groups excluding carboxylic acids is 2. The highest BCUT2D eigenvalue weighted by Crippen LogP contribution is 2.27. The van der Waals surface area contributed by atoms with Crippen molar-refractivity contribution in [2.75, 3.05) is 13.6 Å². The maximum Gasteiger partial charge on any atom is 0.243 e. The second-order valence-electron chi connectivity index (χ2n) is 9.32. The smallest absolute Gasteiger partial charge is 0.243 e. The maximum atomic E-state index is 13.5. The lowest BCUT2D eigenvalue weighted by atomic mass is 9.95. The molecule has 0 bridgehead atoms. The molecule has 0 spiro atoms. The number of carbonyl (C=O) groups is 2. The van der Waals surface area contributed by atoms with Gasteiger partial charge in [0, 0.05) is 44.7 Å². The molecular formula is C30H38N4O2. The van der Waals surface area contributed by atoms with Gasteiger partial charge in [-0.05, 0) is 68.4 Å². The third-order valence-electron chi connectivity index (χ3n) is 6.83. The van der Waals surface area contributed by atoms with Crippen molar-refractivity contribution in [3.8, 4) is 0 Å². The Bertz CT molecular complexity index is 1140. The number of likely N-dealkylation sites (tertiary alicyclic amines) is 1. The van der Waals surface area contributed by atoms with Crippen LogP contribution in [0.15, 0.2) is 75.4 Å². The quantitative estimate of drug-likeness (QED) is 0.381. The SMILES string of the molecule is C\C=C/C=C\C(C)=C(\C=NC)C(C)C(=O)N1CCCC1C(=O)NCc1ccc(C2=C(C)N=CC2)cc1. The topological polar surface area (TPSA) is 74.1 Å². The molecule has 3 rings (SSSR count). The Balaban J connectivity index is 1.65. The lowest BCUT2D eigenvalue weighted by Gasteiger charge is -2.27. The highest BCUT2D eigenvalue weighted by molar-refractivity contribution is 5.95. The van der Waals surface area contributed by atoms with E-state index < -0.39 is 6.04 Å². The average Bonchev–Trinajstić information content (AvgIpc) is 3.54. The van der Waals surface area contributed by atoms with E-state index in [0.29, 0.717) is 19.5 Å². The number of hydrogen-bond acceptors (Lipinski definition) is 4. The van der Waals surface area contributed by atoms with Gasteiger partial charge in [-0.3, -0.25) is 19.6 Å². The number of aliphatic imine (C=N–C) groups is 2. The van der Waals surface area contributed by atoms with E-state index in [4.69, 9.17) is 0 Å². The molecule has 2 aliphatic rings. The van der Waals surface area contributed by atoms with Gasteiger partial charge in [0.2, 0.25) is 11.8 Å². The first-order valence-electron chi connectivity index (χ1n) is 12.7. The number of rotatable bonds is 9. The Hall–Kier alpha value is -3.54. The van der Waals surface area contributed by atoms with E-state index in [2.05, 4.69) is 27.4 Å². The van der Waals surface area contributed by atoms with E-state index >= 15 is 0 Å². The molecule has 6 heteroatoms. The van der Waals surface area contributed by atoms with Crippen molar-refractivity contribution in [3.63, 3.8) is 0 Å². The molecule has 1 N–H and O–H groups in total. The number of nitrogens with one attached hydrogen (secondary N) is 1. The first kappa shape index (κ1) is 27.1. The van der Waals surface area contributed by atoms with Crippen LogP contribution in [0.1, 0.15) is 58.1 Å². The third-order valence-corrected chi connectivity index (χ3v) is 6.83. The van der Waals surface area contributed by atoms with Crippen molar-refractivity contribution < 1.29 is 9.59 Å². The zero-order valence-corrected chi connectivity index (χ0v) is 22.1. The van der Waals surface area contributed by atoms with Gasteiger partial charge in [0.1, 0.15) is 6.04 Å². The van der Waals surface area contributed by atoms with Crippen molar-refractivity contribution in [2.45, 2.75) is 59.5 Å². The maximum absolute atomic E-state index is 13.5. The molecule has 36 heavy (non-hydrogen) atoms. The Kier molecular flexibility index (Phi) is 9.74. The van der Waals surface area contributed by atoms with Crippen LogP contribution in [0, 0.1) is 5.92 Å². The van der Waals surface area contributed by atoms with Crippen LogP contribution < -0.4 is 5.32 Å². The van der Waals surface area contributed by atoms with Gasteiger partial charge in [0.05, 0.1) is 5.92 Å². The minimum Gasteiger partial charge on any atom is -0.350 e. The lowest BCUT2D eigenvalue weighted by molar-refractivity contribution is -0.140. The molecule has 2 heterocycles. The number of hydrogen-bond donors (Lipinski definition) is 1. The first-order chi connectivity index (χ1) is 17.4. The molecule has 2 atom stereocenters. The van der Waals surface area contributed by atoms with Gasteiger partial charge in [0.15, 0.2) is 0 Å². The van der Waals surface area contributed by atoms with E-state index in [1.54, 1.807) is 18.2 Å². The van der Waals surface area contributed by atoms with Gasteiger partial charge >= 0.3 is 0 Å². The zero-order valence-electron chi connectivity index (χ0n) is 22.1. The summed E-state index contributed by atoms with van der Waals surface area (Å²) in [7, 11) is 1.71. The summed E-state index contributed by atoms with van der Waals surface area (Å²) in [6.45, 7) is 8.90. The van der Waals surface area contributed by atoms with Crippen molar-refractivity contribution in [1.29, 1.82) is 0 Å². The highest BCUT2D eigenvalue weighted by atomic mass is 16.2. The standard InChI is InChI=1S/C30H38N4O2/c1-6-7-8-10-21(2)27(20-31-5)22(3)30(36)34-18-9-11-28(34)29(35)33-19-24-12-14-25(15-13-24)26-16-17-32-23(26)4/h6-8,10,12-15,17,20,22,28H,9,11,16,18-19H2,1-5H3,(H,33,35)/b7-6-,10-8-,27-21-,31-20?. The zero-order chi connectivity index (χ0) is 26.1. The van der Waals surface area contributed by atoms with Crippen LogP contribution in [0.25, 0.3) is 5.57 Å². The van der Waals surface area contributed by atoms with Gasteiger partial charge in [-0.15, -0.1) is 0 Å². The predicted molar refractivity (Wildman–Crippen MR) is 149 cm³/mol. The van der Waals surface area contributed by atoms with Crippen LogP contribution in [-0.4, -0.2) is 48.8 Å². The summed E-state index contributed by atoms with van der Waals surface area (Å²) in [5.41, 5.74) is 6.35. The van der Waals surface area contributed by atoms with Gasteiger partial charge in [-0.1, -0.05) is 48.6 Å². The fraction of sp³-hybridized carbons (Fsp3) is 0.400. The van der Waals surface area contributed by atoms with Gasteiger partial charge in [-0.25, -0.2) is 0 Å². The molecule has 190 valence electrons. The molecule has 6 nitrogen and oxygen atoms in total. The molecule has 1 saturated heterocycles. The average molecular weight is 487 g/mol. The lowest BCUT2D eigenvalue weighted by Crippen LogP contribution is -2.47. The Morgan fingerprint density at radius 1 is 1.25 bits per heavy atom. The van der Waals surface area contributed by atoms with Gasteiger partial charge in [0.25, 0.3) is 0 Å². The van der Waals surface area contributed by atoms with E-state index in [1.165, 1.54) is 5.57 Å². The Morgan fingerprint density at radius 2 is 2.00 bits per heavy atom. The van der Waals surface area contributed by atoms with Crippen LogP contribution in [0.2, 0.25) is 0 Å². The van der Waals surface area contributed by atoms with E-state index in [0.717, 1.165) is 40.8 Å². The van der Waals surface area contributed by atoms with Crippen molar-refractivity contribution >= 4 is 29.8 Å². The second kappa shape index (κ2) is 13.0. The second-order valence-corrected chi connectivity index (χ2v) is 9.32. The summed E-state index contributed by atoms with van der Waals surface area (Å²) in [5, 5.41) is 3.05. The van der Waals surface area contributed by atoms with E-state index in [9.17, 15) is 9.59 Å². The van der Waals surface area contributed by atoms with Crippen LogP contribution in [0.3, 0.4) is 0 Å². The molecule has 1 fully saturated rings. The number of benzene rings is 1. The summed E-state index contributed by atoms with van der Waals surface area (Å²) in [6.07, 6.45) is 13.9. The normalized spacial score (nSPS) is 19.7. The van der Waals surface area contributed by atoms with E-state index in [-0.39, 0.29) is 17.7 Å². The minimum absolute atomic E-state index is 0.0342. The molecule has 1 aromatic rings. The van der Waals surface area contributed by atoms with Gasteiger partial charge < -0.3 is 10.2 Å². The van der Waals surface area contributed by atoms with Crippen molar-refractivity contribution in [2.24, 2.45) is 15.9 Å². The molecule has 0 saturated carbocycles. The molecule has 2 unspecified atom stereocenters. The highest BCUT2D eigenvalue weighted by Gasteiger charge is 2.36. The van der Waals surface area contributed by atoms with Crippen molar-refractivity contribution in [3.05, 3.63) is 76.5 Å². The monoisotopic (exact) mass is 486 g/mol. The summed E-state index contributed by atoms with van der Waals surface area (Å²) >= 11 is 0. The predicted octanol–water partition coefficient (Wildman–Crippen LogP) is 5.28. The summed E-state index contributed by atoms with van der Waals surface area (Å²) < 4.78 is 0. The molecule has 0 radical (unpaired) electrons. The van der Waals surface area contributed by atoms with E-state index in [1.807, 2.05) is 70.3 Å². The van der Waals surface area contributed by atoms with Crippen LogP contribution in [-0.2, 0) is 16.1 Å². The summed E-state index contributed by atoms with van der Waals surface area (Å²) in [4.78, 5) is 36.8. The molecule has 2 amide bonds. The first-order valence-corrected chi connectivity index (χ1v) is 12.7. The molecule has 0 aromatic heterocycles. The van der Waals surface area contributed by atoms with Crippen molar-refractivity contribution in [1.82, 2.24) is 10.2 Å². The van der Waals surface area contributed by atoms with Crippen LogP contribution in [0.5, 0.6) is 0 Å². The van der Waals surface area contributed by atoms with Crippen LogP contribution >= 0.6 is 0 Å². The molecule has 2 aliphatic heterocycles. The molecular weight excluding hydrogens is 448 g/mol. The largest absolute Gasteiger partial charge is 0.350 e. The summed E-state index contributed by atoms with van der Waals surface area (Å²) in [6, 6.07) is 7.80. The summed E-state index contributed by atoms with van der Waals surface area (Å²) in [5.74, 6) is -0.519. The Labute approximate surface area is 215 Å². The van der Waals surface area contributed by atoms with Crippen LogP contribution in [0.4, 0.5) is 0 Å². The fourth-order valence-electron chi connectivity index (χ4n) is 4.74. The third kappa shape index (κ3) is 6.56. The number of amides is 2. The fourth-order valence-corrected chi connectivity index (χ4v) is 4.74. The minimum atomic E-state index is -0.443. The molecule has 1 aromatic carbocycles. The number of nitrogens with zero attached hydrogens (tertiary/aromatic N) is 3. The molecule has 0 aliphatic carbocycles. The Morgan fingerprint density at radius 3 is 2.64 bits per heavy atom.